The summed E-state index contributed by atoms with van der Waals surface area (Å²) in [7, 11) is -4.01. The number of rotatable bonds is 6. The Balaban J connectivity index is 1.64. The Labute approximate surface area is 178 Å². The molecule has 0 amide bonds. The molecule has 0 spiro atoms. The smallest absolute Gasteiger partial charge is 0.325 e. The third-order valence-corrected chi connectivity index (χ3v) is 8.75. The van der Waals surface area contributed by atoms with E-state index in [2.05, 4.69) is 4.72 Å². The van der Waals surface area contributed by atoms with Crippen molar-refractivity contribution in [2.24, 2.45) is 5.92 Å². The molecule has 29 heavy (non-hydrogen) atoms. The Morgan fingerprint density at radius 2 is 1.72 bits per heavy atom. The topological polar surface area (TPSA) is 83.5 Å². The lowest BCUT2D eigenvalue weighted by Gasteiger charge is -2.15. The minimum absolute atomic E-state index is 0.0778. The SMILES string of the molecule is C[C@H]1[C@@H](c2ccccc2)[C@@]1(NS(=O)(=O)c1ccc(-c2ccc(Cl)cc2)s1)C(=O)O. The van der Waals surface area contributed by atoms with Crippen LogP contribution in [0.3, 0.4) is 0 Å². The molecule has 5 nitrogen and oxygen atoms in total. The summed E-state index contributed by atoms with van der Waals surface area (Å²) in [6.07, 6.45) is 0. The van der Waals surface area contributed by atoms with Crippen LogP contribution in [0, 0.1) is 5.92 Å². The molecule has 1 saturated carbocycles. The number of halogens is 1. The molecule has 1 fully saturated rings. The van der Waals surface area contributed by atoms with Gasteiger partial charge in [-0.2, -0.15) is 4.72 Å². The molecule has 0 bridgehead atoms. The van der Waals surface area contributed by atoms with Crippen molar-refractivity contribution in [1.82, 2.24) is 4.72 Å². The van der Waals surface area contributed by atoms with Crippen LogP contribution >= 0.6 is 22.9 Å². The van der Waals surface area contributed by atoms with Gasteiger partial charge < -0.3 is 5.11 Å². The highest BCUT2D eigenvalue weighted by atomic mass is 35.5. The predicted molar refractivity (Wildman–Crippen MR) is 114 cm³/mol. The molecule has 3 atom stereocenters. The quantitative estimate of drug-likeness (QED) is 0.578. The van der Waals surface area contributed by atoms with Gasteiger partial charge in [-0.3, -0.25) is 4.79 Å². The molecule has 8 heteroatoms. The second kappa shape index (κ2) is 7.25. The van der Waals surface area contributed by atoms with Crippen molar-refractivity contribution in [1.29, 1.82) is 0 Å². The molecule has 1 aliphatic rings. The van der Waals surface area contributed by atoms with Crippen LogP contribution in [0.25, 0.3) is 10.4 Å². The lowest BCUT2D eigenvalue weighted by Crippen LogP contribution is -2.45. The Morgan fingerprint density at radius 3 is 2.34 bits per heavy atom. The van der Waals surface area contributed by atoms with Gasteiger partial charge in [0, 0.05) is 15.8 Å². The maximum absolute atomic E-state index is 13.0. The van der Waals surface area contributed by atoms with Crippen molar-refractivity contribution in [2.75, 3.05) is 0 Å². The number of sulfonamides is 1. The average molecular weight is 448 g/mol. The van der Waals surface area contributed by atoms with Crippen molar-refractivity contribution in [3.8, 4) is 10.4 Å². The first-order chi connectivity index (χ1) is 13.8. The molecule has 3 aromatic rings. The lowest BCUT2D eigenvalue weighted by atomic mass is 10.1. The monoisotopic (exact) mass is 447 g/mol. The van der Waals surface area contributed by atoms with E-state index < -0.39 is 27.4 Å². The number of thiophene rings is 1. The Bertz CT molecular complexity index is 1160. The number of carbonyl (C=O) groups is 1. The minimum atomic E-state index is -4.01. The summed E-state index contributed by atoms with van der Waals surface area (Å²) in [6, 6.07) is 19.4. The van der Waals surface area contributed by atoms with Crippen LogP contribution in [0.2, 0.25) is 5.02 Å². The first-order valence-electron chi connectivity index (χ1n) is 8.94. The predicted octanol–water partition coefficient (Wildman–Crippen LogP) is 4.60. The summed E-state index contributed by atoms with van der Waals surface area (Å²) in [5.74, 6) is -1.96. The zero-order chi connectivity index (χ0) is 20.8. The van der Waals surface area contributed by atoms with Gasteiger partial charge in [-0.05, 0) is 41.3 Å². The van der Waals surface area contributed by atoms with Crippen LogP contribution < -0.4 is 4.72 Å². The molecule has 2 N–H and O–H groups in total. The number of hydrogen-bond acceptors (Lipinski definition) is 4. The third-order valence-electron chi connectivity index (χ3n) is 5.39. The van der Waals surface area contributed by atoms with Gasteiger partial charge in [0.2, 0.25) is 0 Å². The van der Waals surface area contributed by atoms with E-state index in [1.54, 1.807) is 25.1 Å². The fourth-order valence-corrected chi connectivity index (χ4v) is 6.70. The first kappa shape index (κ1) is 20.1. The normalized spacial score (nSPS) is 23.7. The summed E-state index contributed by atoms with van der Waals surface area (Å²) in [5, 5.41) is 10.5. The highest BCUT2D eigenvalue weighted by molar-refractivity contribution is 7.91. The van der Waals surface area contributed by atoms with Crippen molar-refractivity contribution in [3.63, 3.8) is 0 Å². The van der Waals surface area contributed by atoms with E-state index in [4.69, 9.17) is 11.6 Å². The highest BCUT2D eigenvalue weighted by Crippen LogP contribution is 2.58. The molecule has 1 aromatic heterocycles. The van der Waals surface area contributed by atoms with Gasteiger partial charge in [-0.25, -0.2) is 8.42 Å². The maximum Gasteiger partial charge on any atom is 0.325 e. The molecule has 150 valence electrons. The molecular formula is C21H18ClNO4S2. The van der Waals surface area contributed by atoms with Gasteiger partial charge in [0.1, 0.15) is 9.75 Å². The molecule has 0 saturated heterocycles. The number of hydrogen-bond donors (Lipinski definition) is 2. The van der Waals surface area contributed by atoms with Gasteiger partial charge in [0.15, 0.2) is 0 Å². The fourth-order valence-electron chi connectivity index (χ4n) is 3.81. The number of nitrogens with one attached hydrogen (secondary N) is 1. The number of carboxylic acids is 1. The second-order valence-corrected chi connectivity index (χ2v) is 10.5. The first-order valence-corrected chi connectivity index (χ1v) is 11.6. The van der Waals surface area contributed by atoms with Crippen molar-refractivity contribution in [3.05, 3.63) is 77.3 Å². The van der Waals surface area contributed by atoms with E-state index in [-0.39, 0.29) is 10.1 Å². The summed E-state index contributed by atoms with van der Waals surface area (Å²) in [6.45, 7) is 1.75. The summed E-state index contributed by atoms with van der Waals surface area (Å²) in [4.78, 5) is 12.9. The van der Waals surface area contributed by atoms with E-state index in [9.17, 15) is 18.3 Å². The standard InChI is InChI=1S/C21H18ClNO4S2/c1-13-19(15-5-3-2-4-6-15)21(13,20(24)25)23-29(26,27)18-12-11-17(28-18)14-7-9-16(22)10-8-14/h2-13,19,23H,1H3,(H,24,25)/t13-,19-,21+/m0/s1. The Kier molecular flexibility index (Phi) is 5.02. The van der Waals surface area contributed by atoms with Gasteiger partial charge >= 0.3 is 5.97 Å². The number of aliphatic carboxylic acids is 1. The van der Waals surface area contributed by atoms with Crippen molar-refractivity contribution >= 4 is 38.9 Å². The number of carboxylic acid groups (broad SMARTS) is 1. The summed E-state index contributed by atoms with van der Waals surface area (Å²) < 4.78 is 28.6. The van der Waals surface area contributed by atoms with E-state index in [1.807, 2.05) is 42.5 Å². The lowest BCUT2D eigenvalue weighted by molar-refractivity contribution is -0.140. The molecule has 0 aliphatic heterocycles. The van der Waals surface area contributed by atoms with E-state index in [1.165, 1.54) is 6.07 Å². The summed E-state index contributed by atoms with van der Waals surface area (Å²) in [5.41, 5.74) is 0.0961. The second-order valence-electron chi connectivity index (χ2n) is 7.08. The van der Waals surface area contributed by atoms with Crippen molar-refractivity contribution < 1.29 is 18.3 Å². The van der Waals surface area contributed by atoms with Crippen LogP contribution in [0.1, 0.15) is 18.4 Å². The Morgan fingerprint density at radius 1 is 1.07 bits per heavy atom. The molecule has 0 unspecified atom stereocenters. The zero-order valence-corrected chi connectivity index (χ0v) is 17.8. The molecule has 4 rings (SSSR count). The average Bonchev–Trinajstić information content (AvgIpc) is 3.05. The number of benzene rings is 2. The van der Waals surface area contributed by atoms with Crippen LogP contribution in [-0.2, 0) is 14.8 Å². The van der Waals surface area contributed by atoms with Crippen LogP contribution in [-0.4, -0.2) is 25.0 Å². The Hall–Kier alpha value is -2.19. The van der Waals surface area contributed by atoms with Crippen LogP contribution in [0.4, 0.5) is 0 Å². The van der Waals surface area contributed by atoms with Crippen molar-refractivity contribution in [2.45, 2.75) is 22.6 Å². The van der Waals surface area contributed by atoms with Gasteiger partial charge in [0.05, 0.1) is 0 Å². The highest BCUT2D eigenvalue weighted by Gasteiger charge is 2.70. The van der Waals surface area contributed by atoms with E-state index in [0.717, 1.165) is 27.3 Å². The van der Waals surface area contributed by atoms with Gasteiger partial charge in [0.25, 0.3) is 10.0 Å². The zero-order valence-electron chi connectivity index (χ0n) is 15.4. The molecule has 0 radical (unpaired) electrons. The van der Waals surface area contributed by atoms with Crippen LogP contribution in [0.5, 0.6) is 0 Å². The minimum Gasteiger partial charge on any atom is -0.480 e. The molecular weight excluding hydrogens is 430 g/mol. The molecule has 1 aliphatic carbocycles. The van der Waals surface area contributed by atoms with Crippen LogP contribution in [0.15, 0.2) is 70.9 Å². The van der Waals surface area contributed by atoms with E-state index in [0.29, 0.717) is 5.02 Å². The molecule has 1 heterocycles. The molecule has 2 aromatic carbocycles. The fraction of sp³-hybridized carbons (Fsp3) is 0.190. The summed E-state index contributed by atoms with van der Waals surface area (Å²) >= 11 is 7.00. The third kappa shape index (κ3) is 3.48. The van der Waals surface area contributed by atoms with Gasteiger partial charge in [-0.15, -0.1) is 11.3 Å². The largest absolute Gasteiger partial charge is 0.480 e. The maximum atomic E-state index is 13.0. The van der Waals surface area contributed by atoms with E-state index >= 15 is 0 Å². The van der Waals surface area contributed by atoms with Gasteiger partial charge in [-0.1, -0.05) is 61.0 Å².